The molecule has 148 valence electrons. The zero-order valence-electron chi connectivity index (χ0n) is 17.1. The van der Waals surface area contributed by atoms with Crippen molar-refractivity contribution < 1.29 is 9.59 Å². The second-order valence-corrected chi connectivity index (χ2v) is 7.78. The van der Waals surface area contributed by atoms with Crippen LogP contribution in [-0.2, 0) is 4.79 Å². The normalized spacial score (nSPS) is 17.4. The van der Waals surface area contributed by atoms with Crippen molar-refractivity contribution in [1.29, 1.82) is 0 Å². The summed E-state index contributed by atoms with van der Waals surface area (Å²) in [4.78, 5) is 27.3. The molecule has 2 aromatic carbocycles. The average molecular weight is 379 g/mol. The van der Waals surface area contributed by atoms with E-state index in [2.05, 4.69) is 36.5 Å². The van der Waals surface area contributed by atoms with Gasteiger partial charge in [0.25, 0.3) is 5.91 Å². The fourth-order valence-corrected chi connectivity index (χ4v) is 4.42. The molecule has 0 spiro atoms. The zero-order chi connectivity index (χ0) is 20.1. The van der Waals surface area contributed by atoms with Gasteiger partial charge in [0.05, 0.1) is 6.54 Å². The minimum Gasteiger partial charge on any atom is -0.343 e. The van der Waals surface area contributed by atoms with Gasteiger partial charge in [-0.05, 0) is 50.8 Å². The third-order valence-corrected chi connectivity index (χ3v) is 5.64. The predicted octanol–water partition coefficient (Wildman–Crippen LogP) is 4.22. The van der Waals surface area contributed by atoms with Crippen LogP contribution in [0.15, 0.2) is 48.5 Å². The van der Waals surface area contributed by atoms with Crippen LogP contribution in [0.5, 0.6) is 0 Å². The second-order valence-electron chi connectivity index (χ2n) is 7.78. The number of nitrogens with zero attached hydrogens (tertiary/aromatic N) is 1. The molecule has 0 aromatic heterocycles. The summed E-state index contributed by atoms with van der Waals surface area (Å²) < 4.78 is 0. The largest absolute Gasteiger partial charge is 0.343 e. The topological polar surface area (TPSA) is 49.4 Å². The van der Waals surface area contributed by atoms with Gasteiger partial charge in [-0.3, -0.25) is 9.59 Å². The van der Waals surface area contributed by atoms with E-state index < -0.39 is 0 Å². The summed E-state index contributed by atoms with van der Waals surface area (Å²) in [7, 11) is 0. The Morgan fingerprint density at radius 2 is 1.79 bits per heavy atom. The van der Waals surface area contributed by atoms with Crippen molar-refractivity contribution in [1.82, 2.24) is 10.2 Å². The molecule has 1 saturated heterocycles. The Morgan fingerprint density at radius 1 is 1.11 bits per heavy atom. The van der Waals surface area contributed by atoms with E-state index >= 15 is 0 Å². The SMILES string of the molecule is CC[C@H](c1ccccc1)[C@H]1CCCN1C(=O)CNC(=O)c1cc(C)cc(C)c1. The summed E-state index contributed by atoms with van der Waals surface area (Å²) in [5.74, 6) is 0.156. The third kappa shape index (κ3) is 4.61. The van der Waals surface area contributed by atoms with Gasteiger partial charge in [0.1, 0.15) is 0 Å². The van der Waals surface area contributed by atoms with Crippen molar-refractivity contribution in [2.75, 3.05) is 13.1 Å². The van der Waals surface area contributed by atoms with Crippen LogP contribution < -0.4 is 5.32 Å². The molecule has 0 aliphatic carbocycles. The second kappa shape index (κ2) is 9.05. The standard InChI is InChI=1S/C24H30N2O2/c1-4-21(19-9-6-5-7-10-19)22-11-8-12-26(22)23(27)16-25-24(28)20-14-17(2)13-18(3)15-20/h5-7,9-10,13-15,21-22H,4,8,11-12,16H2,1-3H3,(H,25,28)/t21-,22-/m1/s1. The number of rotatable bonds is 6. The van der Waals surface area contributed by atoms with Crippen LogP contribution in [0.3, 0.4) is 0 Å². The van der Waals surface area contributed by atoms with Crippen molar-refractivity contribution in [2.24, 2.45) is 0 Å². The molecule has 2 amide bonds. The molecule has 0 bridgehead atoms. The highest BCUT2D eigenvalue weighted by molar-refractivity contribution is 5.96. The molecule has 2 atom stereocenters. The van der Waals surface area contributed by atoms with Crippen molar-refractivity contribution in [3.63, 3.8) is 0 Å². The average Bonchev–Trinajstić information content (AvgIpc) is 3.16. The van der Waals surface area contributed by atoms with Gasteiger partial charge in [-0.1, -0.05) is 54.4 Å². The van der Waals surface area contributed by atoms with E-state index in [1.54, 1.807) is 0 Å². The zero-order valence-corrected chi connectivity index (χ0v) is 17.1. The van der Waals surface area contributed by atoms with Crippen molar-refractivity contribution in [3.05, 3.63) is 70.8 Å². The number of hydrogen-bond acceptors (Lipinski definition) is 2. The smallest absolute Gasteiger partial charge is 0.251 e. The Labute approximate surface area is 167 Å². The van der Waals surface area contributed by atoms with Gasteiger partial charge >= 0.3 is 0 Å². The first-order chi connectivity index (χ1) is 13.5. The highest BCUT2D eigenvalue weighted by Crippen LogP contribution is 2.33. The first-order valence-corrected chi connectivity index (χ1v) is 10.2. The Hall–Kier alpha value is -2.62. The lowest BCUT2D eigenvalue weighted by atomic mass is 9.87. The van der Waals surface area contributed by atoms with Crippen molar-refractivity contribution >= 4 is 11.8 Å². The summed E-state index contributed by atoms with van der Waals surface area (Å²) in [5.41, 5.74) is 3.99. The van der Waals surface area contributed by atoms with Crippen LogP contribution in [-0.4, -0.2) is 35.8 Å². The summed E-state index contributed by atoms with van der Waals surface area (Å²) in [6, 6.07) is 16.4. The third-order valence-electron chi connectivity index (χ3n) is 5.64. The lowest BCUT2D eigenvalue weighted by molar-refractivity contribution is -0.131. The molecular formula is C24H30N2O2. The van der Waals surface area contributed by atoms with Crippen LogP contribution in [0, 0.1) is 13.8 Å². The molecule has 0 unspecified atom stereocenters. The van der Waals surface area contributed by atoms with Gasteiger partial charge in [0, 0.05) is 24.1 Å². The van der Waals surface area contributed by atoms with Crippen LogP contribution in [0.2, 0.25) is 0 Å². The van der Waals surface area contributed by atoms with E-state index in [-0.39, 0.29) is 24.4 Å². The molecule has 1 fully saturated rings. The maximum absolute atomic E-state index is 12.9. The number of carbonyl (C=O) groups excluding carboxylic acids is 2. The van der Waals surface area contributed by atoms with E-state index in [1.807, 2.05) is 43.0 Å². The maximum atomic E-state index is 12.9. The molecule has 1 heterocycles. The van der Waals surface area contributed by atoms with Crippen molar-refractivity contribution in [2.45, 2.75) is 52.0 Å². The van der Waals surface area contributed by atoms with Crippen LogP contribution in [0.25, 0.3) is 0 Å². The van der Waals surface area contributed by atoms with Crippen molar-refractivity contribution in [3.8, 4) is 0 Å². The Morgan fingerprint density at radius 3 is 2.43 bits per heavy atom. The molecule has 1 N–H and O–H groups in total. The van der Waals surface area contributed by atoms with Crippen LogP contribution >= 0.6 is 0 Å². The quantitative estimate of drug-likeness (QED) is 0.818. The molecule has 0 radical (unpaired) electrons. The number of hydrogen-bond donors (Lipinski definition) is 1. The maximum Gasteiger partial charge on any atom is 0.251 e. The molecule has 0 saturated carbocycles. The van der Waals surface area contributed by atoms with Crippen LogP contribution in [0.1, 0.15) is 59.2 Å². The van der Waals surface area contributed by atoms with Gasteiger partial charge in [0.15, 0.2) is 0 Å². The molecule has 3 rings (SSSR count). The molecule has 2 aromatic rings. The number of carbonyl (C=O) groups is 2. The fourth-order valence-electron chi connectivity index (χ4n) is 4.42. The summed E-state index contributed by atoms with van der Waals surface area (Å²) in [6.45, 7) is 6.94. The monoisotopic (exact) mass is 378 g/mol. The Balaban J connectivity index is 1.65. The fraction of sp³-hybridized carbons (Fsp3) is 0.417. The molecular weight excluding hydrogens is 348 g/mol. The number of benzene rings is 2. The summed E-state index contributed by atoms with van der Waals surface area (Å²) in [5, 5.41) is 2.82. The molecule has 28 heavy (non-hydrogen) atoms. The lowest BCUT2D eigenvalue weighted by Gasteiger charge is -2.31. The number of likely N-dealkylation sites (tertiary alicyclic amines) is 1. The number of nitrogens with one attached hydrogen (secondary N) is 1. The van der Waals surface area contributed by atoms with E-state index in [9.17, 15) is 9.59 Å². The van der Waals surface area contributed by atoms with Gasteiger partial charge in [0.2, 0.25) is 5.91 Å². The minimum atomic E-state index is -0.189. The first-order valence-electron chi connectivity index (χ1n) is 10.2. The molecule has 4 heteroatoms. The summed E-state index contributed by atoms with van der Waals surface area (Å²) in [6.07, 6.45) is 3.03. The summed E-state index contributed by atoms with van der Waals surface area (Å²) >= 11 is 0. The van der Waals surface area contributed by atoms with E-state index in [0.29, 0.717) is 11.5 Å². The lowest BCUT2D eigenvalue weighted by Crippen LogP contribution is -2.44. The number of aryl methyl sites for hydroxylation is 2. The van der Waals surface area contributed by atoms with E-state index in [1.165, 1.54) is 5.56 Å². The molecule has 4 nitrogen and oxygen atoms in total. The van der Waals surface area contributed by atoms with Gasteiger partial charge in [-0.25, -0.2) is 0 Å². The minimum absolute atomic E-state index is 0.00889. The predicted molar refractivity (Wildman–Crippen MR) is 112 cm³/mol. The highest BCUT2D eigenvalue weighted by Gasteiger charge is 2.34. The van der Waals surface area contributed by atoms with Crippen LogP contribution in [0.4, 0.5) is 0 Å². The first kappa shape index (κ1) is 20.1. The molecule has 1 aliphatic rings. The Kier molecular flexibility index (Phi) is 6.50. The Bertz CT molecular complexity index is 812. The van der Waals surface area contributed by atoms with Gasteiger partial charge in [-0.2, -0.15) is 0 Å². The number of amides is 2. The van der Waals surface area contributed by atoms with E-state index in [0.717, 1.165) is 36.9 Å². The van der Waals surface area contributed by atoms with Gasteiger partial charge < -0.3 is 10.2 Å². The highest BCUT2D eigenvalue weighted by atomic mass is 16.2. The molecule has 1 aliphatic heterocycles. The van der Waals surface area contributed by atoms with E-state index in [4.69, 9.17) is 0 Å². The van der Waals surface area contributed by atoms with Gasteiger partial charge in [-0.15, -0.1) is 0 Å².